The molecule has 0 spiro atoms. The van der Waals surface area contributed by atoms with Gasteiger partial charge >= 0.3 is 0 Å². The summed E-state index contributed by atoms with van der Waals surface area (Å²) >= 11 is 7.49. The molecule has 0 saturated heterocycles. The number of benzene rings is 2. The Morgan fingerprint density at radius 1 is 1.14 bits per heavy atom. The van der Waals surface area contributed by atoms with Crippen molar-refractivity contribution in [2.75, 3.05) is 0 Å². The van der Waals surface area contributed by atoms with E-state index in [1.807, 2.05) is 18.2 Å². The van der Waals surface area contributed by atoms with E-state index in [0.29, 0.717) is 16.0 Å². The van der Waals surface area contributed by atoms with Crippen molar-refractivity contribution < 1.29 is 8.78 Å². The fraction of sp³-hybridized carbons (Fsp3) is 0.250. The van der Waals surface area contributed by atoms with Gasteiger partial charge in [-0.3, -0.25) is 0 Å². The van der Waals surface area contributed by atoms with E-state index in [2.05, 4.69) is 5.32 Å². The summed E-state index contributed by atoms with van der Waals surface area (Å²) in [6.07, 6.45) is 2.46. The van der Waals surface area contributed by atoms with Crippen LogP contribution in [0.5, 0.6) is 0 Å². The lowest BCUT2D eigenvalue weighted by molar-refractivity contribution is 0.565. The average molecular weight is 326 g/mol. The lowest BCUT2D eigenvalue weighted by atomic mass is 10.2. The molecule has 3 rings (SSSR count). The van der Waals surface area contributed by atoms with E-state index < -0.39 is 11.6 Å². The predicted octanol–water partition coefficient (Wildman–Crippen LogP) is 5.02. The van der Waals surface area contributed by atoms with Gasteiger partial charge in [-0.25, -0.2) is 8.78 Å². The summed E-state index contributed by atoms with van der Waals surface area (Å²) in [5.74, 6) is -1.13. The molecule has 110 valence electrons. The number of halogens is 3. The van der Waals surface area contributed by atoms with E-state index in [1.54, 1.807) is 0 Å². The van der Waals surface area contributed by atoms with Crippen molar-refractivity contribution in [3.05, 3.63) is 58.6 Å². The molecule has 1 nitrogen and oxygen atoms in total. The van der Waals surface area contributed by atoms with Gasteiger partial charge in [-0.05, 0) is 42.7 Å². The van der Waals surface area contributed by atoms with Crippen LogP contribution in [0, 0.1) is 11.6 Å². The van der Waals surface area contributed by atoms with Crippen molar-refractivity contribution in [2.24, 2.45) is 0 Å². The zero-order chi connectivity index (χ0) is 14.8. The SMILES string of the molecule is Fc1ccc(Sc2ccc(CNC3CC3)c(Cl)c2)c(F)c1. The fourth-order valence-corrected chi connectivity index (χ4v) is 3.13. The van der Waals surface area contributed by atoms with Gasteiger partial charge in [0.15, 0.2) is 0 Å². The monoisotopic (exact) mass is 325 g/mol. The molecule has 0 amide bonds. The zero-order valence-corrected chi connectivity index (χ0v) is 12.8. The normalized spacial score (nSPS) is 14.4. The van der Waals surface area contributed by atoms with E-state index in [4.69, 9.17) is 11.6 Å². The Morgan fingerprint density at radius 3 is 2.62 bits per heavy atom. The van der Waals surface area contributed by atoms with Crippen LogP contribution in [-0.4, -0.2) is 6.04 Å². The van der Waals surface area contributed by atoms with Gasteiger partial charge in [-0.15, -0.1) is 0 Å². The fourth-order valence-electron chi connectivity index (χ4n) is 1.96. The summed E-state index contributed by atoms with van der Waals surface area (Å²) in [4.78, 5) is 1.22. The molecule has 1 N–H and O–H groups in total. The molecule has 1 aliphatic carbocycles. The summed E-state index contributed by atoms with van der Waals surface area (Å²) in [7, 11) is 0. The maximum absolute atomic E-state index is 13.6. The standard InChI is InChI=1S/C16H14ClF2NS/c17-14-8-13(5-1-10(14)9-20-12-3-4-12)21-16-6-2-11(18)7-15(16)19/h1-2,5-8,12,20H,3-4,9H2. The number of hydrogen-bond donors (Lipinski definition) is 1. The molecule has 0 aliphatic heterocycles. The summed E-state index contributed by atoms with van der Waals surface area (Å²) < 4.78 is 26.5. The highest BCUT2D eigenvalue weighted by Crippen LogP contribution is 2.33. The van der Waals surface area contributed by atoms with Gasteiger partial charge in [0.05, 0.1) is 0 Å². The number of rotatable bonds is 5. The first-order chi connectivity index (χ1) is 10.1. The lowest BCUT2D eigenvalue weighted by Crippen LogP contribution is -2.15. The Bertz CT molecular complexity index is 659. The Hall–Kier alpha value is -1.10. The zero-order valence-electron chi connectivity index (χ0n) is 11.2. The van der Waals surface area contributed by atoms with Gasteiger partial charge in [-0.2, -0.15) is 0 Å². The minimum atomic E-state index is -0.573. The molecule has 1 fully saturated rings. The van der Waals surface area contributed by atoms with Gasteiger partial charge in [0.1, 0.15) is 11.6 Å². The first-order valence-electron chi connectivity index (χ1n) is 6.76. The van der Waals surface area contributed by atoms with Crippen molar-refractivity contribution in [2.45, 2.75) is 35.2 Å². The largest absolute Gasteiger partial charge is 0.310 e. The van der Waals surface area contributed by atoms with Crippen LogP contribution in [-0.2, 0) is 6.54 Å². The maximum atomic E-state index is 13.6. The van der Waals surface area contributed by atoms with Gasteiger partial charge in [0.25, 0.3) is 0 Å². The van der Waals surface area contributed by atoms with Crippen LogP contribution in [0.1, 0.15) is 18.4 Å². The van der Waals surface area contributed by atoms with Crippen LogP contribution in [0.15, 0.2) is 46.2 Å². The smallest absolute Gasteiger partial charge is 0.140 e. The van der Waals surface area contributed by atoms with E-state index >= 15 is 0 Å². The average Bonchev–Trinajstić information content (AvgIpc) is 3.25. The molecule has 21 heavy (non-hydrogen) atoms. The molecule has 5 heteroatoms. The molecule has 1 aliphatic rings. The highest BCUT2D eigenvalue weighted by molar-refractivity contribution is 7.99. The molecule has 0 atom stereocenters. The van der Waals surface area contributed by atoms with Crippen LogP contribution in [0.25, 0.3) is 0 Å². The Morgan fingerprint density at radius 2 is 1.95 bits per heavy atom. The second kappa shape index (κ2) is 6.34. The van der Waals surface area contributed by atoms with E-state index in [0.717, 1.165) is 23.1 Å². The highest BCUT2D eigenvalue weighted by atomic mass is 35.5. The number of hydrogen-bond acceptors (Lipinski definition) is 2. The lowest BCUT2D eigenvalue weighted by Gasteiger charge is -2.08. The molecular formula is C16H14ClF2NS. The van der Waals surface area contributed by atoms with E-state index in [9.17, 15) is 8.78 Å². The topological polar surface area (TPSA) is 12.0 Å². The van der Waals surface area contributed by atoms with Gasteiger partial charge in [0.2, 0.25) is 0 Å². The first-order valence-corrected chi connectivity index (χ1v) is 7.96. The van der Waals surface area contributed by atoms with Crippen molar-refractivity contribution in [1.29, 1.82) is 0 Å². The third kappa shape index (κ3) is 3.96. The summed E-state index contributed by atoms with van der Waals surface area (Å²) in [5.41, 5.74) is 1.03. The van der Waals surface area contributed by atoms with E-state index in [-0.39, 0.29) is 0 Å². The second-order valence-electron chi connectivity index (χ2n) is 5.09. The molecule has 0 radical (unpaired) electrons. The summed E-state index contributed by atoms with van der Waals surface area (Å²) in [6, 6.07) is 9.87. The highest BCUT2D eigenvalue weighted by Gasteiger charge is 2.20. The van der Waals surface area contributed by atoms with Gasteiger partial charge in [-0.1, -0.05) is 29.4 Å². The Kier molecular flexibility index (Phi) is 4.48. The van der Waals surface area contributed by atoms with Crippen LogP contribution < -0.4 is 5.32 Å². The predicted molar refractivity (Wildman–Crippen MR) is 81.8 cm³/mol. The number of nitrogens with one attached hydrogen (secondary N) is 1. The van der Waals surface area contributed by atoms with Crippen molar-refractivity contribution in [3.63, 3.8) is 0 Å². The summed E-state index contributed by atoms with van der Waals surface area (Å²) in [5, 5.41) is 4.07. The molecule has 1 saturated carbocycles. The quantitative estimate of drug-likeness (QED) is 0.828. The molecule has 0 aromatic heterocycles. The van der Waals surface area contributed by atoms with Crippen LogP contribution in [0.2, 0.25) is 5.02 Å². The van der Waals surface area contributed by atoms with Crippen molar-refractivity contribution in [3.8, 4) is 0 Å². The molecule has 0 bridgehead atoms. The van der Waals surface area contributed by atoms with Gasteiger partial charge in [0, 0.05) is 33.5 Å². The third-order valence-corrected chi connectivity index (χ3v) is 4.70. The Balaban J connectivity index is 1.71. The minimum Gasteiger partial charge on any atom is -0.310 e. The molecule has 0 unspecified atom stereocenters. The minimum absolute atomic E-state index is 0.385. The molecule has 2 aromatic carbocycles. The third-order valence-electron chi connectivity index (χ3n) is 3.30. The Labute approximate surface area is 131 Å². The van der Waals surface area contributed by atoms with Crippen molar-refractivity contribution >= 4 is 23.4 Å². The molecular weight excluding hydrogens is 312 g/mol. The van der Waals surface area contributed by atoms with E-state index in [1.165, 1.54) is 36.7 Å². The van der Waals surface area contributed by atoms with Crippen LogP contribution in [0.4, 0.5) is 8.78 Å². The maximum Gasteiger partial charge on any atom is 0.140 e. The summed E-state index contributed by atoms with van der Waals surface area (Å²) in [6.45, 7) is 0.749. The van der Waals surface area contributed by atoms with Crippen molar-refractivity contribution in [1.82, 2.24) is 5.32 Å². The first kappa shape index (κ1) is 14.8. The van der Waals surface area contributed by atoms with Gasteiger partial charge < -0.3 is 5.32 Å². The van der Waals surface area contributed by atoms with Crippen LogP contribution >= 0.6 is 23.4 Å². The second-order valence-corrected chi connectivity index (χ2v) is 6.61. The molecule has 2 aromatic rings. The molecule has 0 heterocycles. The van der Waals surface area contributed by atoms with Crippen LogP contribution in [0.3, 0.4) is 0 Å².